The first-order valence-electron chi connectivity index (χ1n) is 6.65. The maximum absolute atomic E-state index is 5.93. The van der Waals surface area contributed by atoms with Crippen molar-refractivity contribution >= 4 is 15.9 Å². The molecule has 1 fully saturated rings. The summed E-state index contributed by atoms with van der Waals surface area (Å²) in [7, 11) is 0. The largest absolute Gasteiger partial charge is 0.490 e. The predicted molar refractivity (Wildman–Crippen MR) is 74.6 cm³/mol. The third-order valence-corrected chi connectivity index (χ3v) is 4.30. The average Bonchev–Trinajstić information content (AvgIpc) is 2.65. The van der Waals surface area contributed by atoms with E-state index in [0.717, 1.165) is 48.7 Å². The molecule has 0 radical (unpaired) electrons. The summed E-state index contributed by atoms with van der Waals surface area (Å²) < 4.78 is 12.8. The van der Waals surface area contributed by atoms with E-state index in [1.165, 1.54) is 18.4 Å². The van der Waals surface area contributed by atoms with Crippen LogP contribution in [0.4, 0.5) is 0 Å². The molecule has 1 saturated heterocycles. The van der Waals surface area contributed by atoms with Crippen LogP contribution in [0, 0.1) is 0 Å². The van der Waals surface area contributed by atoms with E-state index in [1.54, 1.807) is 0 Å². The lowest BCUT2D eigenvalue weighted by Gasteiger charge is -2.26. The summed E-state index contributed by atoms with van der Waals surface area (Å²) in [5.74, 6) is 2.37. The Balaban J connectivity index is 2.00. The van der Waals surface area contributed by atoms with Crippen LogP contribution in [-0.4, -0.2) is 26.3 Å². The zero-order valence-corrected chi connectivity index (χ0v) is 12.0. The monoisotopic (exact) mass is 311 g/mol. The molecule has 1 aromatic carbocycles. The molecule has 0 aliphatic carbocycles. The molecule has 3 rings (SSSR count). The van der Waals surface area contributed by atoms with Gasteiger partial charge in [-0.05, 0) is 31.5 Å². The van der Waals surface area contributed by atoms with Crippen LogP contribution in [0.1, 0.15) is 30.7 Å². The zero-order chi connectivity index (χ0) is 12.4. The number of hydrogen-bond donors (Lipinski definition) is 1. The Labute approximate surface area is 116 Å². The maximum atomic E-state index is 5.93. The van der Waals surface area contributed by atoms with Crippen molar-refractivity contribution in [2.75, 3.05) is 26.3 Å². The van der Waals surface area contributed by atoms with Crippen molar-refractivity contribution in [3.8, 4) is 11.5 Å². The molecule has 2 aliphatic rings. The van der Waals surface area contributed by atoms with E-state index in [1.807, 2.05) is 6.07 Å². The topological polar surface area (TPSA) is 30.5 Å². The van der Waals surface area contributed by atoms with Crippen molar-refractivity contribution in [1.82, 2.24) is 5.32 Å². The number of piperidine rings is 1. The van der Waals surface area contributed by atoms with Crippen LogP contribution in [0.3, 0.4) is 0 Å². The van der Waals surface area contributed by atoms with E-state index in [4.69, 9.17) is 9.47 Å². The van der Waals surface area contributed by atoms with E-state index in [9.17, 15) is 0 Å². The van der Waals surface area contributed by atoms with Gasteiger partial charge in [-0.1, -0.05) is 15.9 Å². The lowest BCUT2D eigenvalue weighted by Crippen LogP contribution is -2.28. The number of fused-ring (bicyclic) bond motifs is 1. The van der Waals surface area contributed by atoms with Crippen molar-refractivity contribution in [2.24, 2.45) is 0 Å². The van der Waals surface area contributed by atoms with Crippen molar-refractivity contribution in [3.63, 3.8) is 0 Å². The molecular weight excluding hydrogens is 294 g/mol. The summed E-state index contributed by atoms with van der Waals surface area (Å²) in [4.78, 5) is 0. The Bertz CT molecular complexity index is 430. The summed E-state index contributed by atoms with van der Waals surface area (Å²) in [6, 6.07) is 4.09. The highest BCUT2D eigenvalue weighted by molar-refractivity contribution is 9.10. The van der Waals surface area contributed by atoms with Crippen molar-refractivity contribution in [3.05, 3.63) is 22.2 Å². The quantitative estimate of drug-likeness (QED) is 0.864. The SMILES string of the molecule is Brc1ccc2c(c1C1CCCNC1)OCCCO2. The number of rotatable bonds is 1. The molecule has 0 saturated carbocycles. The highest BCUT2D eigenvalue weighted by Gasteiger charge is 2.25. The number of benzene rings is 1. The molecule has 0 amide bonds. The van der Waals surface area contributed by atoms with Gasteiger partial charge in [0.05, 0.1) is 13.2 Å². The van der Waals surface area contributed by atoms with Gasteiger partial charge in [-0.15, -0.1) is 0 Å². The van der Waals surface area contributed by atoms with Gasteiger partial charge in [0.2, 0.25) is 0 Å². The van der Waals surface area contributed by atoms with E-state index in [0.29, 0.717) is 5.92 Å². The molecule has 0 spiro atoms. The first kappa shape index (κ1) is 12.3. The lowest BCUT2D eigenvalue weighted by molar-refractivity contribution is 0.294. The van der Waals surface area contributed by atoms with Crippen LogP contribution < -0.4 is 14.8 Å². The molecule has 1 N–H and O–H groups in total. The van der Waals surface area contributed by atoms with E-state index in [2.05, 4.69) is 27.3 Å². The van der Waals surface area contributed by atoms with Gasteiger partial charge in [-0.25, -0.2) is 0 Å². The molecule has 0 bridgehead atoms. The fraction of sp³-hybridized carbons (Fsp3) is 0.571. The van der Waals surface area contributed by atoms with Crippen molar-refractivity contribution in [2.45, 2.75) is 25.2 Å². The fourth-order valence-electron chi connectivity index (χ4n) is 2.71. The number of halogens is 1. The molecule has 98 valence electrons. The normalized spacial score (nSPS) is 23.5. The van der Waals surface area contributed by atoms with Gasteiger partial charge in [-0.2, -0.15) is 0 Å². The van der Waals surface area contributed by atoms with Gasteiger partial charge in [0.15, 0.2) is 11.5 Å². The lowest BCUT2D eigenvalue weighted by atomic mass is 9.91. The summed E-state index contributed by atoms with van der Waals surface area (Å²) in [6.45, 7) is 3.65. The standard InChI is InChI=1S/C14H18BrNO2/c15-11-4-5-12-14(18-8-2-7-17-12)13(11)10-3-1-6-16-9-10/h4-5,10,16H,1-3,6-9H2. The van der Waals surface area contributed by atoms with Gasteiger partial charge < -0.3 is 14.8 Å². The molecule has 2 heterocycles. The van der Waals surface area contributed by atoms with Crippen LogP contribution in [0.15, 0.2) is 16.6 Å². The maximum Gasteiger partial charge on any atom is 0.165 e. The summed E-state index contributed by atoms with van der Waals surface area (Å²) in [5, 5.41) is 3.47. The fourth-order valence-corrected chi connectivity index (χ4v) is 3.35. The minimum Gasteiger partial charge on any atom is -0.490 e. The Morgan fingerprint density at radius 1 is 1.17 bits per heavy atom. The summed E-state index contributed by atoms with van der Waals surface area (Å²) >= 11 is 3.67. The Morgan fingerprint density at radius 2 is 2.06 bits per heavy atom. The molecule has 1 atom stereocenters. The zero-order valence-electron chi connectivity index (χ0n) is 10.4. The van der Waals surface area contributed by atoms with Crippen molar-refractivity contribution in [1.29, 1.82) is 0 Å². The van der Waals surface area contributed by atoms with Crippen LogP contribution in [0.2, 0.25) is 0 Å². The van der Waals surface area contributed by atoms with Gasteiger partial charge >= 0.3 is 0 Å². The molecule has 1 aromatic rings. The predicted octanol–water partition coefficient (Wildman–Crippen LogP) is 3.08. The van der Waals surface area contributed by atoms with Gasteiger partial charge in [-0.3, -0.25) is 0 Å². The van der Waals surface area contributed by atoms with E-state index >= 15 is 0 Å². The average molecular weight is 312 g/mol. The van der Waals surface area contributed by atoms with Crippen LogP contribution in [0.25, 0.3) is 0 Å². The molecule has 18 heavy (non-hydrogen) atoms. The summed E-state index contributed by atoms with van der Waals surface area (Å²) in [5.41, 5.74) is 1.28. The molecule has 0 aromatic heterocycles. The number of ether oxygens (including phenoxy) is 2. The Morgan fingerprint density at radius 3 is 2.89 bits per heavy atom. The van der Waals surface area contributed by atoms with Crippen LogP contribution in [-0.2, 0) is 0 Å². The minimum atomic E-state index is 0.518. The summed E-state index contributed by atoms with van der Waals surface area (Å²) in [6.07, 6.45) is 3.39. The minimum absolute atomic E-state index is 0.518. The Kier molecular flexibility index (Phi) is 3.75. The molecule has 4 heteroatoms. The second kappa shape index (κ2) is 5.49. The first-order valence-corrected chi connectivity index (χ1v) is 7.44. The van der Waals surface area contributed by atoms with Crippen LogP contribution >= 0.6 is 15.9 Å². The second-order valence-electron chi connectivity index (χ2n) is 4.88. The van der Waals surface area contributed by atoms with E-state index in [-0.39, 0.29) is 0 Å². The Hall–Kier alpha value is -0.740. The van der Waals surface area contributed by atoms with Gasteiger partial charge in [0.25, 0.3) is 0 Å². The molecular formula is C14H18BrNO2. The molecule has 3 nitrogen and oxygen atoms in total. The number of hydrogen-bond acceptors (Lipinski definition) is 3. The van der Waals surface area contributed by atoms with E-state index < -0.39 is 0 Å². The van der Waals surface area contributed by atoms with Gasteiger partial charge in [0, 0.05) is 28.9 Å². The highest BCUT2D eigenvalue weighted by atomic mass is 79.9. The van der Waals surface area contributed by atoms with Crippen molar-refractivity contribution < 1.29 is 9.47 Å². The van der Waals surface area contributed by atoms with Gasteiger partial charge in [0.1, 0.15) is 0 Å². The first-order chi connectivity index (χ1) is 8.86. The molecule has 1 unspecified atom stereocenters. The highest BCUT2D eigenvalue weighted by Crippen LogP contribution is 2.43. The number of nitrogens with one attached hydrogen (secondary N) is 1. The third-order valence-electron chi connectivity index (χ3n) is 3.60. The van der Waals surface area contributed by atoms with Crippen LogP contribution in [0.5, 0.6) is 11.5 Å². The smallest absolute Gasteiger partial charge is 0.165 e. The molecule has 2 aliphatic heterocycles. The second-order valence-corrected chi connectivity index (χ2v) is 5.74. The third kappa shape index (κ3) is 2.36.